The Labute approximate surface area is 287 Å². The quantitative estimate of drug-likeness (QED) is 0.203. The number of phenolic OH excluding ortho intramolecular Hbond substituents is 1. The van der Waals surface area contributed by atoms with Gasteiger partial charge in [0.05, 0.1) is 12.5 Å². The number of amides is 1. The Morgan fingerprint density at radius 2 is 1.71 bits per heavy atom. The summed E-state index contributed by atoms with van der Waals surface area (Å²) in [6.07, 6.45) is 13.9. The van der Waals surface area contributed by atoms with Gasteiger partial charge < -0.3 is 15.1 Å². The van der Waals surface area contributed by atoms with Gasteiger partial charge in [-0.3, -0.25) is 4.79 Å². The largest absolute Gasteiger partial charge is 0.508 e. The number of fused-ring (bicyclic) bond motifs is 6. The van der Waals surface area contributed by atoms with E-state index in [9.17, 15) is 15.0 Å². The molecule has 0 saturated heterocycles. The summed E-state index contributed by atoms with van der Waals surface area (Å²) in [5.41, 5.74) is 2.97. The lowest BCUT2D eigenvalue weighted by Gasteiger charge is -2.54. The fourth-order valence-electron chi connectivity index (χ4n) is 10.7. The smallest absolute Gasteiger partial charge is 0.226 e. The van der Waals surface area contributed by atoms with Crippen molar-refractivity contribution in [2.75, 3.05) is 13.1 Å². The number of unbranched alkanes of at least 4 members (excludes halogenated alkanes) is 3. The highest BCUT2D eigenvalue weighted by atomic mass is 19.1. The molecule has 0 spiro atoms. The molecule has 2 N–H and O–H groups in total. The van der Waals surface area contributed by atoms with Crippen LogP contribution in [-0.4, -0.2) is 46.4 Å². The van der Waals surface area contributed by atoms with Crippen LogP contribution in [0.5, 0.6) is 5.75 Å². The van der Waals surface area contributed by atoms with Gasteiger partial charge in [0, 0.05) is 19.0 Å². The van der Waals surface area contributed by atoms with Gasteiger partial charge in [-0.15, -0.1) is 0 Å². The van der Waals surface area contributed by atoms with Crippen LogP contribution in [0.1, 0.15) is 113 Å². The van der Waals surface area contributed by atoms with Crippen LogP contribution in [0.15, 0.2) is 60.7 Å². The fraction of sp³-hybridized carbons (Fsp3) is 0.605. The van der Waals surface area contributed by atoms with Crippen LogP contribution in [0, 0.1) is 29.1 Å². The number of alkyl halides is 1. The summed E-state index contributed by atoms with van der Waals surface area (Å²) < 4.78 is 16.1. The number of nitrogens with zero attached hydrogens (tertiary/aromatic N) is 1. The summed E-state index contributed by atoms with van der Waals surface area (Å²) in [5.74, 6) is 1.96. The van der Waals surface area contributed by atoms with Crippen LogP contribution in [0.4, 0.5) is 4.39 Å². The van der Waals surface area contributed by atoms with Gasteiger partial charge in [-0.1, -0.05) is 94.0 Å². The van der Waals surface area contributed by atoms with Gasteiger partial charge in [0.1, 0.15) is 11.9 Å². The van der Waals surface area contributed by atoms with Crippen LogP contribution in [-0.2, 0) is 17.6 Å². The molecule has 0 aliphatic heterocycles. The molecule has 7 atom stereocenters. The van der Waals surface area contributed by atoms with Crippen molar-refractivity contribution >= 4 is 16.7 Å². The number of carbonyl (C=O) groups is 1. The molecule has 48 heavy (non-hydrogen) atoms. The molecule has 1 amide bonds. The van der Waals surface area contributed by atoms with E-state index >= 15 is 4.39 Å². The molecule has 3 aromatic rings. The highest BCUT2D eigenvalue weighted by molar-refractivity contribution is 5.85. The number of hydrogen-bond donors (Lipinski definition) is 2. The molecule has 4 nitrogen and oxygen atoms in total. The Morgan fingerprint density at radius 1 is 0.917 bits per heavy atom. The number of aliphatic hydroxyl groups is 1. The molecule has 5 heteroatoms. The van der Waals surface area contributed by atoms with Crippen molar-refractivity contribution in [1.29, 1.82) is 0 Å². The van der Waals surface area contributed by atoms with Gasteiger partial charge in [0.2, 0.25) is 5.91 Å². The Bertz CT molecular complexity index is 1570. The second-order valence-corrected chi connectivity index (χ2v) is 16.3. The number of aliphatic hydroxyl groups excluding tert-OH is 1. The van der Waals surface area contributed by atoms with E-state index in [0.717, 1.165) is 81.1 Å². The standard InChI is InChI=1S/C43H56FNO3/c1-43-27-38(44)42-36-19-18-35(46)26-34(36)25-33(41(42)37(43)20-21-39(43)47)15-7-2-3-10-22-45(28-29-11-5-4-6-12-29)40(48)24-30-16-17-31-13-8-9-14-32(31)23-30/h8-9,13-14,16-19,23,26,29,33,37-39,41-42,46-47H,2-7,10-12,15,20-22,24-25,27-28H2,1H3/t33-,37+,38+,39+,41+,42+,43+/m1/s1. The molecule has 3 saturated carbocycles. The number of carbonyl (C=O) groups excluding carboxylic acids is 1. The normalized spacial score (nSPS) is 30.1. The van der Waals surface area contributed by atoms with Gasteiger partial charge in [-0.25, -0.2) is 4.39 Å². The Balaban J connectivity index is 0.970. The van der Waals surface area contributed by atoms with Gasteiger partial charge in [0.25, 0.3) is 0 Å². The first-order valence-electron chi connectivity index (χ1n) is 19.2. The molecule has 0 heterocycles. The first-order chi connectivity index (χ1) is 23.3. The van der Waals surface area contributed by atoms with Crippen LogP contribution in [0.2, 0.25) is 0 Å². The molecule has 4 aliphatic carbocycles. The van der Waals surface area contributed by atoms with Crippen LogP contribution in [0.3, 0.4) is 0 Å². The van der Waals surface area contributed by atoms with Crippen molar-refractivity contribution in [1.82, 2.24) is 4.90 Å². The lowest BCUT2D eigenvalue weighted by Crippen LogP contribution is -2.51. The third kappa shape index (κ3) is 6.91. The number of phenols is 1. The fourth-order valence-corrected chi connectivity index (χ4v) is 10.7. The lowest BCUT2D eigenvalue weighted by atomic mass is 9.51. The van der Waals surface area contributed by atoms with Gasteiger partial charge in [-0.2, -0.15) is 0 Å². The second kappa shape index (κ2) is 14.5. The van der Waals surface area contributed by atoms with Crippen molar-refractivity contribution in [2.45, 2.75) is 121 Å². The minimum absolute atomic E-state index is 0.135. The van der Waals surface area contributed by atoms with E-state index in [2.05, 4.69) is 54.3 Å². The highest BCUT2D eigenvalue weighted by Gasteiger charge is 2.59. The first-order valence-corrected chi connectivity index (χ1v) is 19.2. The predicted molar refractivity (Wildman–Crippen MR) is 192 cm³/mol. The molecule has 0 unspecified atom stereocenters. The van der Waals surface area contributed by atoms with Crippen molar-refractivity contribution in [2.24, 2.45) is 29.1 Å². The number of benzene rings is 3. The number of halogens is 1. The first kappa shape index (κ1) is 33.6. The molecule has 7 rings (SSSR count). The third-order valence-corrected chi connectivity index (χ3v) is 13.3. The van der Waals surface area contributed by atoms with E-state index in [1.807, 2.05) is 12.1 Å². The van der Waals surface area contributed by atoms with Gasteiger partial charge in [-0.05, 0) is 120 Å². The topological polar surface area (TPSA) is 60.8 Å². The summed E-state index contributed by atoms with van der Waals surface area (Å²) >= 11 is 0. The zero-order valence-corrected chi connectivity index (χ0v) is 29.0. The molecule has 0 bridgehead atoms. The minimum atomic E-state index is -0.961. The van der Waals surface area contributed by atoms with Gasteiger partial charge >= 0.3 is 0 Å². The van der Waals surface area contributed by atoms with E-state index in [1.54, 1.807) is 6.07 Å². The maximum atomic E-state index is 16.1. The molecule has 3 aromatic carbocycles. The molecular weight excluding hydrogens is 597 g/mol. The molecule has 3 fully saturated rings. The zero-order valence-electron chi connectivity index (χ0n) is 29.0. The summed E-state index contributed by atoms with van der Waals surface area (Å²) in [6, 6.07) is 20.4. The molecular formula is C43H56FNO3. The molecule has 0 aromatic heterocycles. The maximum Gasteiger partial charge on any atom is 0.226 e. The summed E-state index contributed by atoms with van der Waals surface area (Å²) in [7, 11) is 0. The number of hydrogen-bond acceptors (Lipinski definition) is 3. The molecule has 4 aliphatic rings. The predicted octanol–water partition coefficient (Wildman–Crippen LogP) is 9.54. The third-order valence-electron chi connectivity index (χ3n) is 13.3. The molecule has 258 valence electrons. The average Bonchev–Trinajstić information content (AvgIpc) is 3.38. The van der Waals surface area contributed by atoms with Gasteiger partial charge in [0.15, 0.2) is 0 Å². The Morgan fingerprint density at radius 3 is 2.54 bits per heavy atom. The van der Waals surface area contributed by atoms with Crippen LogP contribution in [0.25, 0.3) is 10.8 Å². The number of rotatable bonds is 11. The highest BCUT2D eigenvalue weighted by Crippen LogP contribution is 2.63. The average molecular weight is 654 g/mol. The molecule has 0 radical (unpaired) electrons. The van der Waals surface area contributed by atoms with E-state index in [0.29, 0.717) is 30.6 Å². The van der Waals surface area contributed by atoms with E-state index in [-0.39, 0.29) is 28.9 Å². The van der Waals surface area contributed by atoms with Crippen LogP contribution >= 0.6 is 0 Å². The summed E-state index contributed by atoms with van der Waals surface area (Å²) in [6.45, 7) is 3.85. The lowest BCUT2D eigenvalue weighted by molar-refractivity contribution is -0.131. The van der Waals surface area contributed by atoms with E-state index in [4.69, 9.17) is 0 Å². The Kier molecular flexibility index (Phi) is 10.2. The van der Waals surface area contributed by atoms with Crippen molar-refractivity contribution < 1.29 is 19.4 Å². The van der Waals surface area contributed by atoms with Crippen molar-refractivity contribution in [3.8, 4) is 5.75 Å². The summed E-state index contributed by atoms with van der Waals surface area (Å²) in [4.78, 5) is 15.9. The van der Waals surface area contributed by atoms with Crippen molar-refractivity contribution in [3.05, 3.63) is 77.4 Å². The SMILES string of the molecule is C[C@]12C[C@H](F)[C@@H]3c4ccc(O)cc4C[C@@H](CCCCCCN(CC4CCCCC4)C(=O)Cc4ccc5ccccc5c4)[C@H]3[C@@H]1CC[C@@H]2O. The van der Waals surface area contributed by atoms with E-state index in [1.165, 1.54) is 42.9 Å². The maximum absolute atomic E-state index is 16.1. The zero-order chi connectivity index (χ0) is 33.3. The monoisotopic (exact) mass is 653 g/mol. The Hall–Kier alpha value is -2.92. The van der Waals surface area contributed by atoms with Crippen LogP contribution < -0.4 is 0 Å². The summed E-state index contributed by atoms with van der Waals surface area (Å²) in [5, 5.41) is 23.7. The minimum Gasteiger partial charge on any atom is -0.508 e. The van der Waals surface area contributed by atoms with E-state index < -0.39 is 12.3 Å². The number of aromatic hydroxyl groups is 1. The second-order valence-electron chi connectivity index (χ2n) is 16.3. The van der Waals surface area contributed by atoms with Crippen molar-refractivity contribution in [3.63, 3.8) is 0 Å².